The van der Waals surface area contributed by atoms with Gasteiger partial charge in [0.25, 0.3) is 0 Å². The van der Waals surface area contributed by atoms with E-state index in [0.29, 0.717) is 36.9 Å². The first-order chi connectivity index (χ1) is 22.9. The second-order valence-corrected chi connectivity index (χ2v) is 13.8. The predicted molar refractivity (Wildman–Crippen MR) is 181 cm³/mol. The van der Waals surface area contributed by atoms with Crippen molar-refractivity contribution in [3.05, 3.63) is 59.7 Å². The maximum Gasteiger partial charge on any atom is 0.453 e. The number of hydrogen-bond donors (Lipinski definition) is 3. The molecule has 2 aliphatic heterocycles. The Morgan fingerprint density at radius 1 is 0.796 bits per heavy atom. The highest BCUT2D eigenvalue weighted by atomic mass is 35.5. The molecule has 0 aromatic heterocycles. The van der Waals surface area contributed by atoms with Gasteiger partial charge in [-0.2, -0.15) is 0 Å². The fourth-order valence-electron chi connectivity index (χ4n) is 5.87. The Morgan fingerprint density at radius 3 is 1.65 bits per heavy atom. The van der Waals surface area contributed by atoms with Gasteiger partial charge in [-0.15, -0.1) is 12.4 Å². The van der Waals surface area contributed by atoms with E-state index in [1.165, 1.54) is 28.1 Å². The van der Waals surface area contributed by atoms with Gasteiger partial charge < -0.3 is 39.4 Å². The highest BCUT2D eigenvalue weighted by Crippen LogP contribution is 2.57. The van der Waals surface area contributed by atoms with Gasteiger partial charge in [-0.05, 0) is 67.6 Å². The molecule has 4 rings (SSSR count). The Bertz CT molecular complexity index is 1430. The quantitative estimate of drug-likeness (QED) is 0.193. The lowest BCUT2D eigenvalue weighted by molar-refractivity contribution is -0.145. The van der Waals surface area contributed by atoms with Crippen molar-refractivity contribution in [3.8, 4) is 11.5 Å². The van der Waals surface area contributed by atoms with Crippen LogP contribution >= 0.6 is 20.0 Å². The van der Waals surface area contributed by atoms with E-state index in [0.717, 1.165) is 13.0 Å². The molecule has 0 bridgehead atoms. The van der Waals surface area contributed by atoms with Gasteiger partial charge in [0.2, 0.25) is 17.7 Å². The van der Waals surface area contributed by atoms with Gasteiger partial charge in [0.1, 0.15) is 23.6 Å². The Labute approximate surface area is 291 Å². The number of halogens is 1. The number of carbonyl (C=O) groups is 5. The summed E-state index contributed by atoms with van der Waals surface area (Å²) in [7, 11) is -1.63. The molecule has 2 fully saturated rings. The summed E-state index contributed by atoms with van der Waals surface area (Å²) in [6, 6.07) is 10.9. The zero-order valence-corrected chi connectivity index (χ0v) is 29.7. The van der Waals surface area contributed by atoms with Crippen LogP contribution in [0.25, 0.3) is 0 Å². The van der Waals surface area contributed by atoms with Crippen LogP contribution < -0.4 is 25.0 Å². The van der Waals surface area contributed by atoms with E-state index in [1.807, 2.05) is 0 Å². The molecule has 14 nitrogen and oxygen atoms in total. The fraction of sp³-hybridized carbons (Fsp3) is 0.485. The van der Waals surface area contributed by atoms with E-state index >= 15 is 0 Å². The molecule has 2 aromatic rings. The van der Waals surface area contributed by atoms with E-state index in [4.69, 9.17) is 18.5 Å². The van der Waals surface area contributed by atoms with Gasteiger partial charge in [0, 0.05) is 33.2 Å². The average molecular weight is 723 g/mol. The third-order valence-corrected chi connectivity index (χ3v) is 10.3. The summed E-state index contributed by atoms with van der Waals surface area (Å²) in [4.78, 5) is 62.7. The number of nitrogens with zero attached hydrogens (tertiary/aromatic N) is 1. The summed E-state index contributed by atoms with van der Waals surface area (Å²) in [5.74, 6) is -2.48. The Morgan fingerprint density at radius 2 is 1.27 bits per heavy atom. The number of methoxy groups -OCH3 is 2. The standard InChI is InChI=1S/C33H43N4O10P.ClH/c1-21(38)35-28(32(41)44-3)19-23-9-13-25(14-10-23)46-48(43,30-8-6-18-37(30)31(40)27-7-5-17-34-27)47-26-15-11-24(12-16-26)20-29(33(42)45-4)36-22(2)39;/h9-16,27-30,34H,5-8,17-20H2,1-4H3,(H,35,38)(H,36,39);1H. The highest BCUT2D eigenvalue weighted by Gasteiger charge is 2.49. The van der Waals surface area contributed by atoms with Crippen molar-refractivity contribution in [3.63, 3.8) is 0 Å². The molecular formula is C33H44ClN4O10P. The van der Waals surface area contributed by atoms with Crippen molar-refractivity contribution in [1.29, 1.82) is 0 Å². The van der Waals surface area contributed by atoms with Crippen LogP contribution in [0.5, 0.6) is 11.5 Å². The van der Waals surface area contributed by atoms with Crippen LogP contribution in [0.1, 0.15) is 50.7 Å². The Hall–Kier alpha value is -4.13. The van der Waals surface area contributed by atoms with E-state index in [-0.39, 0.29) is 60.5 Å². The number of nitrogens with one attached hydrogen (secondary N) is 3. The van der Waals surface area contributed by atoms with Gasteiger partial charge in [-0.3, -0.25) is 14.4 Å². The average Bonchev–Trinajstić information content (AvgIpc) is 3.78. The van der Waals surface area contributed by atoms with E-state index in [2.05, 4.69) is 16.0 Å². The zero-order valence-electron chi connectivity index (χ0n) is 28.0. The molecule has 2 saturated heterocycles. The molecule has 0 spiro atoms. The van der Waals surface area contributed by atoms with E-state index < -0.39 is 37.4 Å². The van der Waals surface area contributed by atoms with Gasteiger partial charge in [-0.25, -0.2) is 14.2 Å². The molecule has 3 amide bonds. The summed E-state index contributed by atoms with van der Waals surface area (Å²) in [5.41, 5.74) is 1.37. The normalized spacial score (nSPS) is 19.3. The summed E-state index contributed by atoms with van der Waals surface area (Å²) < 4.78 is 36.8. The second-order valence-electron chi connectivity index (χ2n) is 11.8. The van der Waals surface area contributed by atoms with E-state index in [1.54, 1.807) is 53.4 Å². The molecule has 268 valence electrons. The third kappa shape index (κ3) is 10.7. The lowest BCUT2D eigenvalue weighted by atomic mass is 10.1. The minimum Gasteiger partial charge on any atom is -0.467 e. The van der Waals surface area contributed by atoms with Crippen LogP contribution in [0.3, 0.4) is 0 Å². The van der Waals surface area contributed by atoms with Crippen molar-refractivity contribution < 1.29 is 47.1 Å². The van der Waals surface area contributed by atoms with Crippen molar-refractivity contribution >= 4 is 49.7 Å². The molecule has 3 N–H and O–H groups in total. The van der Waals surface area contributed by atoms with Crippen LogP contribution in [0.2, 0.25) is 0 Å². The summed E-state index contributed by atoms with van der Waals surface area (Å²) in [5, 5.41) is 8.36. The first kappa shape index (κ1) is 39.3. The fourth-order valence-corrected chi connectivity index (χ4v) is 8.05. The molecule has 0 aliphatic carbocycles. The number of rotatable bonds is 14. The summed E-state index contributed by atoms with van der Waals surface area (Å²) in [6.45, 7) is 3.76. The first-order valence-electron chi connectivity index (χ1n) is 15.8. The minimum atomic E-state index is -4.11. The lowest BCUT2D eigenvalue weighted by Gasteiger charge is -2.32. The molecule has 0 saturated carbocycles. The smallest absolute Gasteiger partial charge is 0.453 e. The number of ether oxygens (including phenoxy) is 2. The number of hydrogen-bond acceptors (Lipinski definition) is 11. The van der Waals surface area contributed by atoms with Crippen LogP contribution in [0, 0.1) is 0 Å². The number of amides is 3. The van der Waals surface area contributed by atoms with Crippen LogP contribution in [0.15, 0.2) is 48.5 Å². The minimum absolute atomic E-state index is 0. The molecule has 0 radical (unpaired) electrons. The SMILES string of the molecule is COC(=O)C(Cc1ccc(OP(=O)(Oc2ccc(CC(NC(C)=O)C(=O)OC)cc2)C2CCCN2C(=O)C2CCCN2)cc1)NC(C)=O.Cl. The molecule has 4 unspecified atom stereocenters. The van der Waals surface area contributed by atoms with Gasteiger partial charge in [0.05, 0.1) is 20.3 Å². The molecule has 49 heavy (non-hydrogen) atoms. The van der Waals surface area contributed by atoms with Crippen molar-refractivity contribution in [1.82, 2.24) is 20.9 Å². The molecular weight excluding hydrogens is 679 g/mol. The number of benzene rings is 2. The van der Waals surface area contributed by atoms with Crippen LogP contribution in [-0.4, -0.2) is 85.8 Å². The molecule has 2 aromatic carbocycles. The summed E-state index contributed by atoms with van der Waals surface area (Å²) >= 11 is 0. The monoisotopic (exact) mass is 722 g/mol. The number of likely N-dealkylation sites (tertiary alicyclic amines) is 1. The number of carbonyl (C=O) groups excluding carboxylic acids is 5. The maximum absolute atomic E-state index is 14.8. The van der Waals surface area contributed by atoms with Crippen molar-refractivity contribution in [2.24, 2.45) is 0 Å². The summed E-state index contributed by atoms with van der Waals surface area (Å²) in [6.07, 6.45) is 2.90. The predicted octanol–water partition coefficient (Wildman–Crippen LogP) is 2.90. The van der Waals surface area contributed by atoms with Crippen molar-refractivity contribution in [2.45, 2.75) is 76.3 Å². The van der Waals surface area contributed by atoms with Crippen LogP contribution in [0.4, 0.5) is 0 Å². The molecule has 2 heterocycles. The highest BCUT2D eigenvalue weighted by molar-refractivity contribution is 7.55. The Balaban J connectivity index is 0.00000650. The molecule has 4 atom stereocenters. The lowest BCUT2D eigenvalue weighted by Crippen LogP contribution is -2.46. The first-order valence-corrected chi connectivity index (χ1v) is 17.4. The largest absolute Gasteiger partial charge is 0.467 e. The van der Waals surface area contributed by atoms with Gasteiger partial charge in [-0.1, -0.05) is 24.3 Å². The van der Waals surface area contributed by atoms with E-state index in [9.17, 15) is 28.5 Å². The zero-order chi connectivity index (χ0) is 34.8. The van der Waals surface area contributed by atoms with Crippen molar-refractivity contribution in [2.75, 3.05) is 27.3 Å². The molecule has 2 aliphatic rings. The number of esters is 2. The topological polar surface area (TPSA) is 179 Å². The van der Waals surface area contributed by atoms with Gasteiger partial charge >= 0.3 is 19.5 Å². The van der Waals surface area contributed by atoms with Crippen LogP contribution in [-0.2, 0) is 50.9 Å². The Kier molecular flexibility index (Phi) is 14.5. The maximum atomic E-state index is 14.8. The van der Waals surface area contributed by atoms with Gasteiger partial charge in [0.15, 0.2) is 5.78 Å². The molecule has 16 heteroatoms. The third-order valence-electron chi connectivity index (χ3n) is 8.15. The second kappa shape index (κ2) is 18.0.